The van der Waals surface area contributed by atoms with Gasteiger partial charge in [-0.05, 0) is 42.2 Å². The van der Waals surface area contributed by atoms with Crippen LogP contribution in [-0.2, 0) is 11.2 Å². The second-order valence-electron chi connectivity index (χ2n) is 7.67. The minimum atomic E-state index is 0.0857. The predicted octanol–water partition coefficient (Wildman–Crippen LogP) is 4.30. The van der Waals surface area contributed by atoms with Crippen molar-refractivity contribution in [3.8, 4) is 11.5 Å². The van der Waals surface area contributed by atoms with E-state index in [2.05, 4.69) is 17.1 Å². The first kappa shape index (κ1) is 18.0. The summed E-state index contributed by atoms with van der Waals surface area (Å²) < 4.78 is 11.6. The van der Waals surface area contributed by atoms with E-state index in [4.69, 9.17) is 9.47 Å². The molecule has 2 aromatic carbocycles. The molecule has 0 radical (unpaired) electrons. The summed E-state index contributed by atoms with van der Waals surface area (Å²) in [5.41, 5.74) is 3.02. The monoisotopic (exact) mass is 388 g/mol. The van der Waals surface area contributed by atoms with Crippen LogP contribution in [0.2, 0.25) is 0 Å². The van der Waals surface area contributed by atoms with Gasteiger partial charge in [-0.15, -0.1) is 0 Å². The van der Waals surface area contributed by atoms with Gasteiger partial charge >= 0.3 is 0 Å². The van der Waals surface area contributed by atoms with Crippen LogP contribution < -0.4 is 9.47 Å². The van der Waals surface area contributed by atoms with Crippen molar-refractivity contribution in [2.75, 3.05) is 19.8 Å². The lowest BCUT2D eigenvalue weighted by Crippen LogP contribution is -2.32. The number of aromatic nitrogens is 1. The maximum absolute atomic E-state index is 13.2. The Labute approximate surface area is 170 Å². The molecule has 2 aliphatic heterocycles. The third-order valence-corrected chi connectivity index (χ3v) is 5.79. The van der Waals surface area contributed by atoms with Crippen molar-refractivity contribution in [2.24, 2.45) is 0 Å². The van der Waals surface area contributed by atoms with Crippen LogP contribution in [0.4, 0.5) is 0 Å². The Balaban J connectivity index is 1.39. The zero-order valence-electron chi connectivity index (χ0n) is 16.3. The highest BCUT2D eigenvalue weighted by atomic mass is 16.5. The average molecular weight is 388 g/mol. The van der Waals surface area contributed by atoms with Gasteiger partial charge in [-0.3, -0.25) is 9.78 Å². The number of hydrogen-bond acceptors (Lipinski definition) is 4. The van der Waals surface area contributed by atoms with Crippen LogP contribution in [0.25, 0.3) is 10.9 Å². The van der Waals surface area contributed by atoms with Gasteiger partial charge in [0.2, 0.25) is 5.91 Å². The number of benzene rings is 2. The zero-order chi connectivity index (χ0) is 19.6. The number of fused-ring (bicyclic) bond motifs is 2. The number of carbonyl (C=O) groups is 1. The van der Waals surface area contributed by atoms with Gasteiger partial charge in [-0.1, -0.05) is 30.3 Å². The van der Waals surface area contributed by atoms with E-state index in [1.165, 1.54) is 0 Å². The summed E-state index contributed by atoms with van der Waals surface area (Å²) in [6, 6.07) is 16.2. The summed E-state index contributed by atoms with van der Waals surface area (Å²) in [5.74, 6) is 1.74. The van der Waals surface area contributed by atoms with E-state index in [1.54, 1.807) is 6.20 Å². The van der Waals surface area contributed by atoms with Crippen molar-refractivity contribution in [3.05, 3.63) is 65.9 Å². The molecular weight excluding hydrogens is 364 g/mol. The SMILES string of the molecule is O=C(Cc1cccc2cccnc12)N1CCC[C@H]1c1ccc2c(c1)OCCCO2. The highest BCUT2D eigenvalue weighted by Crippen LogP contribution is 2.38. The molecule has 148 valence electrons. The Morgan fingerprint density at radius 1 is 1.03 bits per heavy atom. The van der Waals surface area contributed by atoms with Gasteiger partial charge < -0.3 is 14.4 Å². The minimum Gasteiger partial charge on any atom is -0.490 e. The van der Waals surface area contributed by atoms with Crippen LogP contribution in [0.5, 0.6) is 11.5 Å². The molecule has 0 spiro atoms. The molecular formula is C24H24N2O3. The zero-order valence-corrected chi connectivity index (χ0v) is 16.3. The summed E-state index contributed by atoms with van der Waals surface area (Å²) in [4.78, 5) is 19.7. The number of likely N-dealkylation sites (tertiary alicyclic amines) is 1. The third kappa shape index (κ3) is 3.53. The quantitative estimate of drug-likeness (QED) is 0.671. The molecule has 2 aliphatic rings. The first-order chi connectivity index (χ1) is 14.3. The molecule has 0 bridgehead atoms. The Hall–Kier alpha value is -3.08. The maximum Gasteiger partial charge on any atom is 0.227 e. The van der Waals surface area contributed by atoms with Crippen molar-refractivity contribution in [1.82, 2.24) is 9.88 Å². The van der Waals surface area contributed by atoms with E-state index in [1.807, 2.05) is 41.3 Å². The number of carbonyl (C=O) groups excluding carboxylic acids is 1. The Bertz CT molecular complexity index is 1040. The molecule has 5 nitrogen and oxygen atoms in total. The number of rotatable bonds is 3. The van der Waals surface area contributed by atoms with Gasteiger partial charge in [0.25, 0.3) is 0 Å². The molecule has 0 aliphatic carbocycles. The van der Waals surface area contributed by atoms with E-state index in [9.17, 15) is 4.79 Å². The highest BCUT2D eigenvalue weighted by Gasteiger charge is 2.31. The van der Waals surface area contributed by atoms with E-state index in [-0.39, 0.29) is 11.9 Å². The largest absolute Gasteiger partial charge is 0.490 e. The summed E-state index contributed by atoms with van der Waals surface area (Å²) in [6.07, 6.45) is 5.02. The van der Waals surface area contributed by atoms with E-state index in [0.29, 0.717) is 19.6 Å². The van der Waals surface area contributed by atoms with Crippen LogP contribution in [-0.4, -0.2) is 35.5 Å². The van der Waals surface area contributed by atoms with E-state index in [0.717, 1.165) is 59.3 Å². The first-order valence-electron chi connectivity index (χ1n) is 10.3. The molecule has 0 saturated carbocycles. The van der Waals surface area contributed by atoms with Gasteiger partial charge in [0.05, 0.1) is 31.2 Å². The minimum absolute atomic E-state index is 0.0857. The van der Waals surface area contributed by atoms with Crippen LogP contribution in [0.3, 0.4) is 0 Å². The summed E-state index contributed by atoms with van der Waals surface area (Å²) in [6.45, 7) is 2.13. The van der Waals surface area contributed by atoms with Crippen molar-refractivity contribution in [2.45, 2.75) is 31.7 Å². The molecule has 0 unspecified atom stereocenters. The summed E-state index contributed by atoms with van der Waals surface area (Å²) in [7, 11) is 0. The van der Waals surface area contributed by atoms with Crippen molar-refractivity contribution < 1.29 is 14.3 Å². The molecule has 5 rings (SSSR count). The van der Waals surface area contributed by atoms with Gasteiger partial charge in [-0.25, -0.2) is 0 Å². The van der Waals surface area contributed by atoms with Gasteiger partial charge in [-0.2, -0.15) is 0 Å². The average Bonchev–Trinajstić information content (AvgIpc) is 3.13. The number of amides is 1. The molecule has 1 saturated heterocycles. The highest BCUT2D eigenvalue weighted by molar-refractivity contribution is 5.87. The van der Waals surface area contributed by atoms with Crippen LogP contribution >= 0.6 is 0 Å². The van der Waals surface area contributed by atoms with E-state index < -0.39 is 0 Å². The fraction of sp³-hybridized carbons (Fsp3) is 0.333. The standard InChI is InChI=1S/C24H24N2O3/c27-23(16-19-6-1-5-17-7-2-11-25-24(17)19)26-12-3-8-20(26)18-9-10-21-22(15-18)29-14-4-13-28-21/h1-2,5-7,9-11,15,20H,3-4,8,12-14,16H2/t20-/m0/s1. The number of para-hydroxylation sites is 1. The lowest BCUT2D eigenvalue weighted by atomic mass is 10.0. The lowest BCUT2D eigenvalue weighted by Gasteiger charge is -2.26. The molecule has 3 heterocycles. The smallest absolute Gasteiger partial charge is 0.227 e. The van der Waals surface area contributed by atoms with Crippen molar-refractivity contribution in [1.29, 1.82) is 0 Å². The number of nitrogens with zero attached hydrogens (tertiary/aromatic N) is 2. The fourth-order valence-corrected chi connectivity index (χ4v) is 4.37. The molecule has 0 N–H and O–H groups in total. The molecule has 1 aromatic heterocycles. The molecule has 1 atom stereocenters. The number of ether oxygens (including phenoxy) is 2. The lowest BCUT2D eigenvalue weighted by molar-refractivity contribution is -0.131. The maximum atomic E-state index is 13.2. The summed E-state index contributed by atoms with van der Waals surface area (Å²) in [5, 5.41) is 1.07. The predicted molar refractivity (Wildman–Crippen MR) is 111 cm³/mol. The van der Waals surface area contributed by atoms with Crippen LogP contribution in [0.1, 0.15) is 36.4 Å². The Kier molecular flexibility index (Phi) is 4.80. The van der Waals surface area contributed by atoms with Crippen molar-refractivity contribution >= 4 is 16.8 Å². The van der Waals surface area contributed by atoms with E-state index >= 15 is 0 Å². The molecule has 1 fully saturated rings. The van der Waals surface area contributed by atoms with Crippen LogP contribution in [0.15, 0.2) is 54.7 Å². The molecule has 5 heteroatoms. The number of pyridine rings is 1. The topological polar surface area (TPSA) is 51.7 Å². The molecule has 3 aromatic rings. The summed E-state index contributed by atoms with van der Waals surface area (Å²) >= 11 is 0. The second-order valence-corrected chi connectivity index (χ2v) is 7.67. The van der Waals surface area contributed by atoms with Gasteiger partial charge in [0.15, 0.2) is 11.5 Å². The molecule has 29 heavy (non-hydrogen) atoms. The second kappa shape index (κ2) is 7.74. The third-order valence-electron chi connectivity index (χ3n) is 5.79. The van der Waals surface area contributed by atoms with Gasteiger partial charge in [0.1, 0.15) is 0 Å². The van der Waals surface area contributed by atoms with Crippen LogP contribution in [0, 0.1) is 0 Å². The Morgan fingerprint density at radius 2 is 1.90 bits per heavy atom. The first-order valence-corrected chi connectivity index (χ1v) is 10.3. The van der Waals surface area contributed by atoms with Crippen molar-refractivity contribution in [3.63, 3.8) is 0 Å². The molecule has 1 amide bonds. The fourth-order valence-electron chi connectivity index (χ4n) is 4.37. The number of hydrogen-bond donors (Lipinski definition) is 0. The van der Waals surface area contributed by atoms with Gasteiger partial charge in [0, 0.05) is 24.5 Å². The normalized spacial score (nSPS) is 18.6. The Morgan fingerprint density at radius 3 is 2.83 bits per heavy atom.